The summed E-state index contributed by atoms with van der Waals surface area (Å²) in [6.07, 6.45) is 12.5. The second-order valence-electron chi connectivity index (χ2n) is 2.30. The lowest BCUT2D eigenvalue weighted by molar-refractivity contribution is 0.937. The van der Waals surface area contributed by atoms with Crippen LogP contribution in [-0.2, 0) is 0 Å². The monoisotopic (exact) mass is 136 g/mol. The normalized spacial score (nSPS) is 15.9. The van der Waals surface area contributed by atoms with Gasteiger partial charge in [-0.2, -0.15) is 0 Å². The molecule has 0 nitrogen and oxygen atoms in total. The minimum atomic E-state index is 0.557. The zero-order valence-electron chi connectivity index (χ0n) is 7.04. The van der Waals surface area contributed by atoms with Crippen LogP contribution in [0.1, 0.15) is 20.8 Å². The molecule has 0 saturated carbocycles. The van der Waals surface area contributed by atoms with Gasteiger partial charge in [0.15, 0.2) is 0 Å². The van der Waals surface area contributed by atoms with Gasteiger partial charge in [-0.1, -0.05) is 43.4 Å². The molecule has 0 saturated heterocycles. The highest BCUT2D eigenvalue weighted by atomic mass is 13.9. The molecule has 0 spiro atoms. The van der Waals surface area contributed by atoms with Crippen molar-refractivity contribution in [2.75, 3.05) is 0 Å². The molecule has 0 aliphatic rings. The summed E-state index contributed by atoms with van der Waals surface area (Å²) in [6.45, 7) is 6.23. The predicted molar refractivity (Wildman–Crippen MR) is 47.9 cm³/mol. The highest BCUT2D eigenvalue weighted by Gasteiger charge is 1.83. The first kappa shape index (κ1) is 9.22. The number of allylic oxidation sites excluding steroid dienone is 6. The maximum Gasteiger partial charge on any atom is -0.00789 e. The third-order valence-corrected chi connectivity index (χ3v) is 1.21. The van der Waals surface area contributed by atoms with Crippen LogP contribution in [-0.4, -0.2) is 0 Å². The fourth-order valence-corrected chi connectivity index (χ4v) is 0.718. The second kappa shape index (κ2) is 6.34. The Bertz CT molecular complexity index is 138. The SMILES string of the molecule is C/C=C\C=C\C(C)/C=C\C. The van der Waals surface area contributed by atoms with Crippen LogP contribution in [0.2, 0.25) is 0 Å². The minimum absolute atomic E-state index is 0.557. The van der Waals surface area contributed by atoms with E-state index in [9.17, 15) is 0 Å². The Morgan fingerprint density at radius 2 is 1.60 bits per heavy atom. The van der Waals surface area contributed by atoms with Crippen molar-refractivity contribution in [3.63, 3.8) is 0 Å². The molecule has 0 aromatic rings. The molecule has 0 rings (SSSR count). The lowest BCUT2D eigenvalue weighted by atomic mass is 10.1. The van der Waals surface area contributed by atoms with Crippen molar-refractivity contribution >= 4 is 0 Å². The molecule has 0 radical (unpaired) electrons. The lowest BCUT2D eigenvalue weighted by Crippen LogP contribution is -1.79. The average Bonchev–Trinajstić information content (AvgIpc) is 1.89. The van der Waals surface area contributed by atoms with E-state index in [2.05, 4.69) is 31.2 Å². The Morgan fingerprint density at radius 3 is 2.10 bits per heavy atom. The molecule has 0 N–H and O–H groups in total. The van der Waals surface area contributed by atoms with Crippen LogP contribution < -0.4 is 0 Å². The van der Waals surface area contributed by atoms with Crippen LogP contribution in [0.15, 0.2) is 36.5 Å². The first-order chi connectivity index (χ1) is 4.81. The number of hydrogen-bond donors (Lipinski definition) is 0. The molecular formula is C10H16. The van der Waals surface area contributed by atoms with Gasteiger partial charge in [0.25, 0.3) is 0 Å². The largest absolute Gasteiger partial charge is 0.0911 e. The van der Waals surface area contributed by atoms with Gasteiger partial charge in [-0.25, -0.2) is 0 Å². The fourth-order valence-electron chi connectivity index (χ4n) is 0.718. The van der Waals surface area contributed by atoms with E-state index in [1.807, 2.05) is 26.0 Å². The van der Waals surface area contributed by atoms with Crippen LogP contribution in [0.3, 0.4) is 0 Å². The standard InChI is InChI=1S/C10H16/c1-4-6-7-9-10(3)8-5-2/h4-10H,1-3H3/b6-4-,8-5-,9-7+. The highest BCUT2D eigenvalue weighted by molar-refractivity contribution is 5.06. The van der Waals surface area contributed by atoms with Crippen molar-refractivity contribution < 1.29 is 0 Å². The molecule has 0 aromatic carbocycles. The summed E-state index contributed by atoms with van der Waals surface area (Å²) in [5.74, 6) is 0.557. The van der Waals surface area contributed by atoms with Gasteiger partial charge in [-0.3, -0.25) is 0 Å². The summed E-state index contributed by atoms with van der Waals surface area (Å²) in [5, 5.41) is 0. The van der Waals surface area contributed by atoms with E-state index >= 15 is 0 Å². The summed E-state index contributed by atoms with van der Waals surface area (Å²) in [6, 6.07) is 0. The molecule has 56 valence electrons. The molecule has 0 heteroatoms. The molecule has 1 atom stereocenters. The van der Waals surface area contributed by atoms with E-state index in [1.165, 1.54) is 0 Å². The zero-order valence-corrected chi connectivity index (χ0v) is 7.04. The van der Waals surface area contributed by atoms with Crippen LogP contribution >= 0.6 is 0 Å². The molecule has 0 amide bonds. The zero-order chi connectivity index (χ0) is 7.82. The number of hydrogen-bond acceptors (Lipinski definition) is 0. The van der Waals surface area contributed by atoms with Crippen molar-refractivity contribution in [3.8, 4) is 0 Å². The van der Waals surface area contributed by atoms with Gasteiger partial charge in [-0.15, -0.1) is 0 Å². The summed E-state index contributed by atoms with van der Waals surface area (Å²) in [5.41, 5.74) is 0. The Hall–Kier alpha value is -0.780. The summed E-state index contributed by atoms with van der Waals surface area (Å²) in [4.78, 5) is 0. The van der Waals surface area contributed by atoms with Gasteiger partial charge >= 0.3 is 0 Å². The van der Waals surface area contributed by atoms with Crippen LogP contribution in [0.5, 0.6) is 0 Å². The molecule has 1 unspecified atom stereocenters. The van der Waals surface area contributed by atoms with Gasteiger partial charge < -0.3 is 0 Å². The maximum atomic E-state index is 2.17. The molecule has 0 aliphatic heterocycles. The van der Waals surface area contributed by atoms with Gasteiger partial charge in [0.05, 0.1) is 0 Å². The van der Waals surface area contributed by atoms with Crippen molar-refractivity contribution in [1.82, 2.24) is 0 Å². The third-order valence-electron chi connectivity index (χ3n) is 1.21. The van der Waals surface area contributed by atoms with Gasteiger partial charge in [0, 0.05) is 0 Å². The topological polar surface area (TPSA) is 0 Å². The predicted octanol–water partition coefficient (Wildman–Crippen LogP) is 3.33. The Balaban J connectivity index is 3.65. The Kier molecular flexibility index (Phi) is 5.85. The fraction of sp³-hybridized carbons (Fsp3) is 0.400. The third kappa shape index (κ3) is 5.36. The summed E-state index contributed by atoms with van der Waals surface area (Å²) >= 11 is 0. The molecule has 0 bridgehead atoms. The molecule has 0 aromatic heterocycles. The van der Waals surface area contributed by atoms with E-state index in [1.54, 1.807) is 0 Å². The van der Waals surface area contributed by atoms with Crippen molar-refractivity contribution in [2.24, 2.45) is 5.92 Å². The molecule has 10 heavy (non-hydrogen) atoms. The molecule has 0 heterocycles. The second-order valence-corrected chi connectivity index (χ2v) is 2.30. The van der Waals surface area contributed by atoms with E-state index in [4.69, 9.17) is 0 Å². The highest BCUT2D eigenvalue weighted by Crippen LogP contribution is 1.98. The number of rotatable bonds is 3. The smallest absolute Gasteiger partial charge is 0.00789 e. The molecule has 0 fully saturated rings. The maximum absolute atomic E-state index is 2.17. The van der Waals surface area contributed by atoms with Gasteiger partial charge in [0.1, 0.15) is 0 Å². The van der Waals surface area contributed by atoms with Crippen molar-refractivity contribution in [1.29, 1.82) is 0 Å². The first-order valence-electron chi connectivity index (χ1n) is 3.73. The minimum Gasteiger partial charge on any atom is -0.0911 e. The van der Waals surface area contributed by atoms with E-state index in [0.717, 1.165) is 0 Å². The van der Waals surface area contributed by atoms with Crippen molar-refractivity contribution in [3.05, 3.63) is 36.5 Å². The van der Waals surface area contributed by atoms with Crippen LogP contribution in [0, 0.1) is 5.92 Å². The molecular weight excluding hydrogens is 120 g/mol. The van der Waals surface area contributed by atoms with E-state index in [0.29, 0.717) is 5.92 Å². The lowest BCUT2D eigenvalue weighted by Gasteiger charge is -1.93. The van der Waals surface area contributed by atoms with E-state index < -0.39 is 0 Å². The Labute approximate surface area is 64.0 Å². The van der Waals surface area contributed by atoms with Crippen LogP contribution in [0.25, 0.3) is 0 Å². The quantitative estimate of drug-likeness (QED) is 0.412. The van der Waals surface area contributed by atoms with Crippen molar-refractivity contribution in [2.45, 2.75) is 20.8 Å². The summed E-state index contributed by atoms with van der Waals surface area (Å²) < 4.78 is 0. The summed E-state index contributed by atoms with van der Waals surface area (Å²) in [7, 11) is 0. The molecule has 0 aliphatic carbocycles. The average molecular weight is 136 g/mol. The van der Waals surface area contributed by atoms with Gasteiger partial charge in [0.2, 0.25) is 0 Å². The van der Waals surface area contributed by atoms with Gasteiger partial charge in [-0.05, 0) is 19.8 Å². The first-order valence-corrected chi connectivity index (χ1v) is 3.73. The Morgan fingerprint density at radius 1 is 0.900 bits per heavy atom. The van der Waals surface area contributed by atoms with Crippen LogP contribution in [0.4, 0.5) is 0 Å². The van der Waals surface area contributed by atoms with E-state index in [-0.39, 0.29) is 0 Å².